The minimum absolute atomic E-state index is 0.360. The van der Waals surface area contributed by atoms with Gasteiger partial charge in [-0.2, -0.15) is 0 Å². The summed E-state index contributed by atoms with van der Waals surface area (Å²) in [5.41, 5.74) is 0.722. The van der Waals surface area contributed by atoms with Crippen molar-refractivity contribution in [1.82, 2.24) is 0 Å². The molecular formula is C15H20O4. The Bertz CT molecular complexity index is 416. The molecule has 0 fully saturated rings. The van der Waals surface area contributed by atoms with Crippen LogP contribution < -0.4 is 9.47 Å². The summed E-state index contributed by atoms with van der Waals surface area (Å²) in [5.74, 6) is 0.940. The quantitative estimate of drug-likeness (QED) is 0.431. The first kappa shape index (κ1) is 15.1. The Hall–Kier alpha value is -1.97. The largest absolute Gasteiger partial charge is 0.496 e. The second kappa shape index (κ2) is 8.19. The highest BCUT2D eigenvalue weighted by atomic mass is 16.5. The van der Waals surface area contributed by atoms with E-state index in [0.29, 0.717) is 18.1 Å². The molecule has 0 aromatic heterocycles. The molecule has 0 aliphatic carbocycles. The van der Waals surface area contributed by atoms with Gasteiger partial charge < -0.3 is 14.2 Å². The van der Waals surface area contributed by atoms with E-state index < -0.39 is 0 Å². The molecule has 104 valence electrons. The molecule has 0 atom stereocenters. The van der Waals surface area contributed by atoms with Crippen LogP contribution in [0.5, 0.6) is 11.5 Å². The lowest BCUT2D eigenvalue weighted by Crippen LogP contribution is -2.02. The van der Waals surface area contributed by atoms with E-state index >= 15 is 0 Å². The van der Waals surface area contributed by atoms with Crippen LogP contribution in [0.15, 0.2) is 24.3 Å². The van der Waals surface area contributed by atoms with Gasteiger partial charge in [-0.25, -0.2) is 4.79 Å². The maximum absolute atomic E-state index is 11.5. The van der Waals surface area contributed by atoms with Crippen LogP contribution in [0.4, 0.5) is 0 Å². The van der Waals surface area contributed by atoms with Crippen LogP contribution in [0.2, 0.25) is 0 Å². The number of benzene rings is 1. The lowest BCUT2D eigenvalue weighted by molar-refractivity contribution is -0.137. The van der Waals surface area contributed by atoms with Crippen LogP contribution in [-0.4, -0.2) is 26.8 Å². The molecule has 0 aliphatic rings. The van der Waals surface area contributed by atoms with Crippen LogP contribution in [0.25, 0.3) is 6.08 Å². The Morgan fingerprint density at radius 2 is 1.84 bits per heavy atom. The molecule has 0 saturated heterocycles. The summed E-state index contributed by atoms with van der Waals surface area (Å²) in [5, 5.41) is 0. The molecule has 0 aliphatic heterocycles. The minimum atomic E-state index is -0.360. The second-order valence-corrected chi connectivity index (χ2v) is 3.93. The lowest BCUT2D eigenvalue weighted by Gasteiger charge is -2.09. The standard InChI is InChI=1S/C15H20O4/c1-4-5-11-19-15(16)10-9-12-13(17-2)7-6-8-14(12)18-3/h6-10H,4-5,11H2,1-3H3. The van der Waals surface area contributed by atoms with Crippen molar-refractivity contribution < 1.29 is 19.0 Å². The Morgan fingerprint density at radius 3 is 2.37 bits per heavy atom. The Kier molecular flexibility index (Phi) is 6.50. The van der Waals surface area contributed by atoms with Crippen molar-refractivity contribution in [2.75, 3.05) is 20.8 Å². The van der Waals surface area contributed by atoms with E-state index in [0.717, 1.165) is 18.4 Å². The highest BCUT2D eigenvalue weighted by Gasteiger charge is 2.07. The van der Waals surface area contributed by atoms with Crippen molar-refractivity contribution in [2.45, 2.75) is 19.8 Å². The number of hydrogen-bond acceptors (Lipinski definition) is 4. The Morgan fingerprint density at radius 1 is 1.21 bits per heavy atom. The molecule has 0 radical (unpaired) electrons. The maximum atomic E-state index is 11.5. The van der Waals surface area contributed by atoms with Crippen LogP contribution in [0.1, 0.15) is 25.3 Å². The lowest BCUT2D eigenvalue weighted by atomic mass is 10.1. The zero-order valence-electron chi connectivity index (χ0n) is 11.6. The highest BCUT2D eigenvalue weighted by molar-refractivity contribution is 5.88. The first-order valence-corrected chi connectivity index (χ1v) is 6.28. The highest BCUT2D eigenvalue weighted by Crippen LogP contribution is 2.29. The summed E-state index contributed by atoms with van der Waals surface area (Å²) in [6.07, 6.45) is 4.90. The smallest absolute Gasteiger partial charge is 0.330 e. The normalized spacial score (nSPS) is 10.5. The second-order valence-electron chi connectivity index (χ2n) is 3.93. The third-order valence-electron chi connectivity index (χ3n) is 2.59. The number of carbonyl (C=O) groups is 1. The molecule has 0 spiro atoms. The van der Waals surface area contributed by atoms with E-state index in [1.807, 2.05) is 25.1 Å². The van der Waals surface area contributed by atoms with Crippen molar-refractivity contribution in [3.8, 4) is 11.5 Å². The average Bonchev–Trinajstić information content (AvgIpc) is 2.44. The fraction of sp³-hybridized carbons (Fsp3) is 0.400. The fourth-order valence-corrected chi connectivity index (χ4v) is 1.56. The van der Waals surface area contributed by atoms with Gasteiger partial charge in [0.2, 0.25) is 0 Å². The molecule has 1 aromatic rings. The van der Waals surface area contributed by atoms with Crippen LogP contribution in [0.3, 0.4) is 0 Å². The summed E-state index contributed by atoms with van der Waals surface area (Å²) < 4.78 is 15.5. The van der Waals surface area contributed by atoms with Gasteiger partial charge in [0.05, 0.1) is 26.4 Å². The molecule has 0 bridgehead atoms. The summed E-state index contributed by atoms with van der Waals surface area (Å²) >= 11 is 0. The van der Waals surface area contributed by atoms with Crippen molar-refractivity contribution in [1.29, 1.82) is 0 Å². The van der Waals surface area contributed by atoms with E-state index in [-0.39, 0.29) is 5.97 Å². The molecule has 4 nitrogen and oxygen atoms in total. The maximum Gasteiger partial charge on any atom is 0.330 e. The molecule has 4 heteroatoms. The SMILES string of the molecule is CCCCOC(=O)C=Cc1c(OC)cccc1OC. The van der Waals surface area contributed by atoms with E-state index in [9.17, 15) is 4.79 Å². The summed E-state index contributed by atoms with van der Waals surface area (Å²) in [6.45, 7) is 2.49. The minimum Gasteiger partial charge on any atom is -0.496 e. The number of esters is 1. The number of carbonyl (C=O) groups excluding carboxylic acids is 1. The predicted molar refractivity (Wildman–Crippen MR) is 74.4 cm³/mol. The zero-order valence-corrected chi connectivity index (χ0v) is 11.6. The topological polar surface area (TPSA) is 44.8 Å². The van der Waals surface area contributed by atoms with Crippen LogP contribution in [0, 0.1) is 0 Å². The average molecular weight is 264 g/mol. The van der Waals surface area contributed by atoms with Crippen molar-refractivity contribution in [2.24, 2.45) is 0 Å². The number of hydrogen-bond donors (Lipinski definition) is 0. The summed E-state index contributed by atoms with van der Waals surface area (Å²) in [6, 6.07) is 5.45. The zero-order chi connectivity index (χ0) is 14.1. The number of methoxy groups -OCH3 is 2. The fourth-order valence-electron chi connectivity index (χ4n) is 1.56. The van der Waals surface area contributed by atoms with Gasteiger partial charge in [-0.3, -0.25) is 0 Å². The molecule has 0 heterocycles. The molecule has 1 rings (SSSR count). The predicted octanol–water partition coefficient (Wildman–Crippen LogP) is 3.06. The van der Waals surface area contributed by atoms with Gasteiger partial charge >= 0.3 is 5.97 Å². The van der Waals surface area contributed by atoms with Gasteiger partial charge in [0, 0.05) is 6.08 Å². The molecule has 0 N–H and O–H groups in total. The van der Waals surface area contributed by atoms with Crippen LogP contribution in [-0.2, 0) is 9.53 Å². The third kappa shape index (κ3) is 4.66. The van der Waals surface area contributed by atoms with Crippen LogP contribution >= 0.6 is 0 Å². The van der Waals surface area contributed by atoms with E-state index in [1.54, 1.807) is 20.3 Å². The molecule has 0 unspecified atom stereocenters. The van der Waals surface area contributed by atoms with Gasteiger partial charge in [-0.1, -0.05) is 19.4 Å². The monoisotopic (exact) mass is 264 g/mol. The molecule has 0 saturated carbocycles. The van der Waals surface area contributed by atoms with Crippen molar-refractivity contribution in [3.05, 3.63) is 29.8 Å². The van der Waals surface area contributed by atoms with Gasteiger partial charge in [0.25, 0.3) is 0 Å². The molecule has 19 heavy (non-hydrogen) atoms. The molecule has 0 amide bonds. The third-order valence-corrected chi connectivity index (χ3v) is 2.59. The first-order chi connectivity index (χ1) is 9.22. The van der Waals surface area contributed by atoms with Crippen molar-refractivity contribution in [3.63, 3.8) is 0 Å². The van der Waals surface area contributed by atoms with Crippen molar-refractivity contribution >= 4 is 12.0 Å². The van der Waals surface area contributed by atoms with Gasteiger partial charge in [-0.15, -0.1) is 0 Å². The van der Waals surface area contributed by atoms with Gasteiger partial charge in [0.1, 0.15) is 11.5 Å². The number of unbranched alkanes of at least 4 members (excludes halogenated alkanes) is 1. The van der Waals surface area contributed by atoms with Gasteiger partial charge in [-0.05, 0) is 24.6 Å². The van der Waals surface area contributed by atoms with E-state index in [4.69, 9.17) is 14.2 Å². The Balaban J connectivity index is 2.77. The number of ether oxygens (including phenoxy) is 3. The Labute approximate surface area is 114 Å². The molecule has 1 aromatic carbocycles. The molecular weight excluding hydrogens is 244 g/mol. The first-order valence-electron chi connectivity index (χ1n) is 6.28. The summed E-state index contributed by atoms with van der Waals surface area (Å²) in [7, 11) is 3.15. The van der Waals surface area contributed by atoms with Gasteiger partial charge in [0.15, 0.2) is 0 Å². The van der Waals surface area contributed by atoms with E-state index in [2.05, 4.69) is 0 Å². The summed E-state index contributed by atoms with van der Waals surface area (Å²) in [4.78, 5) is 11.5. The number of rotatable bonds is 7. The van der Waals surface area contributed by atoms with E-state index in [1.165, 1.54) is 6.08 Å².